The van der Waals surface area contributed by atoms with Crippen molar-refractivity contribution in [3.05, 3.63) is 32.8 Å². The zero-order valence-electron chi connectivity index (χ0n) is 16.6. The monoisotopic (exact) mass is 441 g/mol. The van der Waals surface area contributed by atoms with Crippen LogP contribution in [0, 0.1) is 0 Å². The zero-order chi connectivity index (χ0) is 18.7. The van der Waals surface area contributed by atoms with Crippen LogP contribution in [0.5, 0.6) is 0 Å². The number of hydrogen-bond donors (Lipinski definition) is 0. The molecule has 0 saturated carbocycles. The molecule has 0 bridgehead atoms. The minimum absolute atomic E-state index is 0. The molecule has 1 aromatic rings. The fraction of sp³-hybridized carbons (Fsp3) is 0.714. The van der Waals surface area contributed by atoms with Gasteiger partial charge in [0.1, 0.15) is 6.54 Å². The lowest BCUT2D eigenvalue weighted by molar-refractivity contribution is -0.903. The van der Waals surface area contributed by atoms with Crippen LogP contribution in [0.1, 0.15) is 76.7 Å². The molecule has 0 amide bonds. The van der Waals surface area contributed by atoms with Gasteiger partial charge in [-0.05, 0) is 25.0 Å². The molecule has 0 aromatic heterocycles. The summed E-state index contributed by atoms with van der Waals surface area (Å²) in [5.74, 6) is 0. The first-order valence-corrected chi connectivity index (χ1v) is 10.9. The number of hydrogen-bond acceptors (Lipinski definition) is 0. The fourth-order valence-electron chi connectivity index (χ4n) is 3.25. The Hall–Kier alpha value is 0.340. The summed E-state index contributed by atoms with van der Waals surface area (Å²) in [4.78, 5) is 0. The lowest BCUT2D eigenvalue weighted by Gasteiger charge is -2.30. The van der Waals surface area contributed by atoms with Crippen LogP contribution >= 0.6 is 34.8 Å². The first-order valence-electron chi connectivity index (χ1n) is 9.81. The Kier molecular flexibility index (Phi) is 14.5. The molecular weight excluding hydrogens is 408 g/mol. The van der Waals surface area contributed by atoms with Gasteiger partial charge in [-0.1, -0.05) is 93.1 Å². The van der Waals surface area contributed by atoms with Crippen LogP contribution in [-0.2, 0) is 6.54 Å². The molecule has 0 spiro atoms. The first kappa shape index (κ1) is 26.3. The van der Waals surface area contributed by atoms with E-state index in [4.69, 9.17) is 34.8 Å². The quantitative estimate of drug-likeness (QED) is 0.225. The van der Waals surface area contributed by atoms with Crippen molar-refractivity contribution >= 4 is 34.8 Å². The summed E-state index contributed by atoms with van der Waals surface area (Å²) >= 11 is 18.5. The molecule has 1 nitrogen and oxygen atoms in total. The number of nitrogens with zero attached hydrogens (tertiary/aromatic N) is 1. The van der Waals surface area contributed by atoms with Crippen molar-refractivity contribution < 1.29 is 16.9 Å². The van der Waals surface area contributed by atoms with Gasteiger partial charge in [-0.25, -0.2) is 0 Å². The molecule has 0 atom stereocenters. The standard InChI is InChI=1S/C21H35Cl3N.ClH/c1-4-5-6-7-8-9-10-11-12-13-14-25(2,3)17-18-15-20(23)21(24)16-19(18)22;/h15-16H,4-14,17H2,1-3H3;1H/q+1;/p-1. The summed E-state index contributed by atoms with van der Waals surface area (Å²) in [6.45, 7) is 4.32. The summed E-state index contributed by atoms with van der Waals surface area (Å²) < 4.78 is 0.925. The van der Waals surface area contributed by atoms with Crippen LogP contribution < -0.4 is 12.4 Å². The number of quaternary nitrogens is 1. The van der Waals surface area contributed by atoms with Gasteiger partial charge in [-0.2, -0.15) is 0 Å². The molecule has 152 valence electrons. The number of rotatable bonds is 13. The average Bonchev–Trinajstić information content (AvgIpc) is 2.54. The van der Waals surface area contributed by atoms with Gasteiger partial charge >= 0.3 is 0 Å². The second-order valence-electron chi connectivity index (χ2n) is 7.86. The third kappa shape index (κ3) is 11.2. The van der Waals surface area contributed by atoms with E-state index >= 15 is 0 Å². The fourth-order valence-corrected chi connectivity index (χ4v) is 3.88. The van der Waals surface area contributed by atoms with E-state index in [0.717, 1.165) is 23.1 Å². The molecule has 1 aromatic carbocycles. The van der Waals surface area contributed by atoms with Crippen molar-refractivity contribution in [2.45, 2.75) is 77.7 Å². The predicted octanol–water partition coefficient (Wildman–Crippen LogP) is 5.15. The van der Waals surface area contributed by atoms with Crippen LogP contribution in [-0.4, -0.2) is 25.1 Å². The maximum absolute atomic E-state index is 6.32. The molecule has 0 heterocycles. The highest BCUT2D eigenvalue weighted by Gasteiger charge is 2.18. The lowest BCUT2D eigenvalue weighted by atomic mass is 10.1. The summed E-state index contributed by atoms with van der Waals surface area (Å²) in [5, 5.41) is 1.82. The minimum atomic E-state index is 0. The molecule has 0 unspecified atom stereocenters. The van der Waals surface area contributed by atoms with Crippen LogP contribution in [0.4, 0.5) is 0 Å². The van der Waals surface area contributed by atoms with Crippen molar-refractivity contribution in [2.24, 2.45) is 0 Å². The van der Waals surface area contributed by atoms with Crippen LogP contribution in [0.25, 0.3) is 0 Å². The normalized spacial score (nSPS) is 11.5. The Labute approximate surface area is 182 Å². The van der Waals surface area contributed by atoms with E-state index in [-0.39, 0.29) is 12.4 Å². The molecule has 1 rings (SSSR count). The zero-order valence-corrected chi connectivity index (χ0v) is 19.6. The maximum atomic E-state index is 6.32. The molecule has 5 heteroatoms. The molecule has 0 aliphatic heterocycles. The van der Waals surface area contributed by atoms with Crippen molar-refractivity contribution in [2.75, 3.05) is 20.6 Å². The number of unbranched alkanes of at least 4 members (excludes halogenated alkanes) is 9. The maximum Gasteiger partial charge on any atom is 0.105 e. The van der Waals surface area contributed by atoms with Gasteiger partial charge in [0, 0.05) is 5.56 Å². The third-order valence-corrected chi connectivity index (χ3v) is 5.88. The van der Waals surface area contributed by atoms with Gasteiger partial charge < -0.3 is 16.9 Å². The Morgan fingerprint density at radius 1 is 0.692 bits per heavy atom. The van der Waals surface area contributed by atoms with Gasteiger partial charge in [0.05, 0.1) is 35.7 Å². The van der Waals surface area contributed by atoms with E-state index in [0.29, 0.717) is 15.1 Å². The smallest absolute Gasteiger partial charge is 0.105 e. The SMILES string of the molecule is CCCCCCCCCCCC[N+](C)(C)Cc1cc(Cl)c(Cl)cc1Cl.[Cl-]. The molecule has 26 heavy (non-hydrogen) atoms. The van der Waals surface area contributed by atoms with Gasteiger partial charge in [0.2, 0.25) is 0 Å². The topological polar surface area (TPSA) is 0 Å². The molecule has 0 radical (unpaired) electrons. The molecule has 0 fully saturated rings. The van der Waals surface area contributed by atoms with Crippen LogP contribution in [0.3, 0.4) is 0 Å². The Balaban J connectivity index is 0.00000625. The number of benzene rings is 1. The van der Waals surface area contributed by atoms with E-state index in [1.54, 1.807) is 6.07 Å². The summed E-state index contributed by atoms with van der Waals surface area (Å²) in [7, 11) is 4.51. The van der Waals surface area contributed by atoms with Crippen LogP contribution in [0.2, 0.25) is 15.1 Å². The summed E-state index contributed by atoms with van der Waals surface area (Å²) in [5.41, 5.74) is 1.08. The summed E-state index contributed by atoms with van der Waals surface area (Å²) in [6, 6.07) is 3.66. The van der Waals surface area contributed by atoms with Gasteiger partial charge in [-0.3, -0.25) is 0 Å². The van der Waals surface area contributed by atoms with E-state index < -0.39 is 0 Å². The van der Waals surface area contributed by atoms with E-state index in [9.17, 15) is 0 Å². The highest BCUT2D eigenvalue weighted by atomic mass is 35.5. The van der Waals surface area contributed by atoms with Crippen molar-refractivity contribution in [1.82, 2.24) is 0 Å². The van der Waals surface area contributed by atoms with Gasteiger partial charge in [0.15, 0.2) is 0 Å². The van der Waals surface area contributed by atoms with Crippen molar-refractivity contribution in [1.29, 1.82) is 0 Å². The second-order valence-corrected chi connectivity index (χ2v) is 9.08. The molecule has 0 aliphatic rings. The molecular formula is C21H35Cl4N. The van der Waals surface area contributed by atoms with E-state index in [1.807, 2.05) is 6.07 Å². The minimum Gasteiger partial charge on any atom is -1.00 e. The largest absolute Gasteiger partial charge is 1.00 e. The third-order valence-electron chi connectivity index (χ3n) is 4.80. The van der Waals surface area contributed by atoms with Gasteiger partial charge in [-0.15, -0.1) is 0 Å². The Morgan fingerprint density at radius 2 is 1.15 bits per heavy atom. The summed E-state index contributed by atoms with van der Waals surface area (Å²) in [6.07, 6.45) is 13.7. The predicted molar refractivity (Wildman–Crippen MR) is 114 cm³/mol. The Morgan fingerprint density at radius 3 is 1.69 bits per heavy atom. The first-order chi connectivity index (χ1) is 11.9. The molecule has 0 N–H and O–H groups in total. The van der Waals surface area contributed by atoms with Crippen molar-refractivity contribution in [3.8, 4) is 0 Å². The highest BCUT2D eigenvalue weighted by Crippen LogP contribution is 2.30. The molecule has 0 saturated heterocycles. The van der Waals surface area contributed by atoms with E-state index in [1.165, 1.54) is 64.2 Å². The average molecular weight is 443 g/mol. The lowest BCUT2D eigenvalue weighted by Crippen LogP contribution is -3.00. The number of halogens is 4. The van der Waals surface area contributed by atoms with Gasteiger partial charge in [0.25, 0.3) is 0 Å². The highest BCUT2D eigenvalue weighted by molar-refractivity contribution is 6.43. The van der Waals surface area contributed by atoms with Crippen molar-refractivity contribution in [3.63, 3.8) is 0 Å². The second kappa shape index (κ2) is 14.4. The Bertz CT molecular complexity index is 503. The van der Waals surface area contributed by atoms with Crippen LogP contribution in [0.15, 0.2) is 12.1 Å². The molecule has 0 aliphatic carbocycles. The van der Waals surface area contributed by atoms with E-state index in [2.05, 4.69) is 21.0 Å².